The number of ether oxygens (including phenoxy) is 6. The van der Waals surface area contributed by atoms with E-state index in [1.165, 1.54) is 5.57 Å². The van der Waals surface area contributed by atoms with Gasteiger partial charge in [0.2, 0.25) is 35.4 Å². The highest BCUT2D eigenvalue weighted by Gasteiger charge is 2.72. The summed E-state index contributed by atoms with van der Waals surface area (Å²) in [4.78, 5) is 94.5. The van der Waals surface area contributed by atoms with Gasteiger partial charge < -0.3 is 70.7 Å². The van der Waals surface area contributed by atoms with Crippen molar-refractivity contribution < 1.29 is 67.1 Å². The topological polar surface area (TPSA) is 286 Å². The number of amides is 7. The van der Waals surface area contributed by atoms with Crippen molar-refractivity contribution in [3.8, 4) is 0 Å². The molecule has 1 aromatic carbocycles. The quantitative estimate of drug-likeness (QED) is 0.0275. The molecule has 2 saturated heterocycles. The molecule has 2 aliphatic heterocycles. The van der Waals surface area contributed by atoms with E-state index in [9.17, 15) is 38.7 Å². The van der Waals surface area contributed by atoms with Crippen LogP contribution in [0.5, 0.6) is 0 Å². The number of aliphatic hydroxyl groups is 1. The van der Waals surface area contributed by atoms with Crippen LogP contribution in [0.1, 0.15) is 134 Å². The zero-order valence-electron chi connectivity index (χ0n) is 50.9. The van der Waals surface area contributed by atoms with Gasteiger partial charge in [0, 0.05) is 44.5 Å². The highest BCUT2D eigenvalue weighted by Crippen LogP contribution is 2.59. The van der Waals surface area contributed by atoms with E-state index in [1.54, 1.807) is 38.3 Å². The fourth-order valence-electron chi connectivity index (χ4n) is 11.1. The number of methoxy groups -OCH3 is 1. The van der Waals surface area contributed by atoms with Crippen molar-refractivity contribution in [2.45, 2.75) is 183 Å². The number of alkyl carbamates (subject to hydrolysis) is 1. The molecule has 3 aliphatic rings. The van der Waals surface area contributed by atoms with Gasteiger partial charge in [0.1, 0.15) is 35.5 Å². The van der Waals surface area contributed by atoms with Crippen molar-refractivity contribution in [2.75, 3.05) is 72.9 Å². The average Bonchev–Trinajstić information content (AvgIpc) is 2.75. The van der Waals surface area contributed by atoms with E-state index in [0.29, 0.717) is 19.4 Å². The minimum Gasteiger partial charge on any atom is -0.443 e. The van der Waals surface area contributed by atoms with Crippen LogP contribution in [0.4, 0.5) is 4.79 Å². The van der Waals surface area contributed by atoms with Crippen molar-refractivity contribution >= 4 is 41.5 Å². The molecule has 8 N–H and O–H groups in total. The first-order valence-corrected chi connectivity index (χ1v) is 28.9. The van der Waals surface area contributed by atoms with E-state index in [2.05, 4.69) is 64.1 Å². The third kappa shape index (κ3) is 22.5. The fraction of sp³-hybridized carbons (Fsp3) is 0.750. The number of hydrogen-bond donors (Lipinski definition) is 8. The van der Waals surface area contributed by atoms with E-state index < -0.39 is 88.8 Å². The third-order valence-electron chi connectivity index (χ3n) is 15.1. The number of hydrogen-bond acceptors (Lipinski definition) is 14. The second-order valence-electron chi connectivity index (χ2n) is 25.7. The highest BCUT2D eigenvalue weighted by molar-refractivity contribution is 5.94. The minimum absolute atomic E-state index is 0.0420. The van der Waals surface area contributed by atoms with Crippen molar-refractivity contribution in [1.29, 1.82) is 0 Å². The molecule has 7 amide bonds. The number of nitrogens with one attached hydrogen (secondary N) is 7. The van der Waals surface area contributed by atoms with Crippen LogP contribution in [-0.2, 0) is 63.6 Å². The summed E-state index contributed by atoms with van der Waals surface area (Å²) in [5.74, 6) is -3.86. The summed E-state index contributed by atoms with van der Waals surface area (Å²) in [5.41, 5.74) is -0.672. The molecular formula is C60H99N7O14. The Morgan fingerprint density at radius 2 is 1.41 bits per heavy atom. The summed E-state index contributed by atoms with van der Waals surface area (Å²) in [6.07, 6.45) is 3.17. The Hall–Kier alpha value is -5.19. The Kier molecular flexibility index (Phi) is 26.1. The number of aliphatic hydroxyl groups excluding tert-OH is 1. The SMILES string of the molecule is COC1C(OC(=O)NCCOCCOCCNC(=O)CNC(=O)[C@@H](CC(C)C)NC(=O)[C@@H](Cc2ccccc2)NC(=O)CNC(=O)C(CC(C)(CC(C)(C)C)C(=O)NCC(C)O)C(C)(C)C)CC[C@]2(CO2)C1C1(C)O[C@@H]1CC=C(C)C. The average molecular weight is 1140 g/mol. The van der Waals surface area contributed by atoms with Gasteiger partial charge >= 0.3 is 6.09 Å². The summed E-state index contributed by atoms with van der Waals surface area (Å²) in [6, 6.07) is 6.85. The van der Waals surface area contributed by atoms with Crippen LogP contribution < -0.4 is 37.2 Å². The first-order chi connectivity index (χ1) is 37.9. The van der Waals surface area contributed by atoms with Crippen LogP contribution in [-0.4, -0.2) is 167 Å². The van der Waals surface area contributed by atoms with Gasteiger partial charge in [0.05, 0.1) is 64.2 Å². The van der Waals surface area contributed by atoms with E-state index in [4.69, 9.17) is 28.4 Å². The molecule has 1 aromatic rings. The first-order valence-electron chi connectivity index (χ1n) is 28.9. The summed E-state index contributed by atoms with van der Waals surface area (Å²) in [6.45, 7) is 26.3. The van der Waals surface area contributed by atoms with Crippen molar-refractivity contribution in [3.05, 3.63) is 47.5 Å². The molecule has 21 nitrogen and oxygen atoms in total. The fourth-order valence-corrected chi connectivity index (χ4v) is 11.1. The Morgan fingerprint density at radius 3 is 1.98 bits per heavy atom. The van der Waals surface area contributed by atoms with E-state index in [1.807, 2.05) is 68.4 Å². The smallest absolute Gasteiger partial charge is 0.407 e. The van der Waals surface area contributed by atoms with Gasteiger partial charge in [-0.15, -0.1) is 0 Å². The van der Waals surface area contributed by atoms with E-state index in [0.717, 1.165) is 18.4 Å². The lowest BCUT2D eigenvalue weighted by Gasteiger charge is -2.42. The summed E-state index contributed by atoms with van der Waals surface area (Å²) < 4.78 is 35.3. The van der Waals surface area contributed by atoms with Crippen LogP contribution in [0.3, 0.4) is 0 Å². The van der Waals surface area contributed by atoms with Crippen molar-refractivity contribution in [2.24, 2.45) is 34.0 Å². The standard InChI is InChI=1S/C60H99N7O14/c1-38(2)20-21-46-59(13,81-46)50-49(76-14)45(22-23-60(50)37-79-60)80-55(75)62-25-27-78-29-28-77-26-24-61-47(69)34-64-52(72)43(30-39(3)4)67-53(73)44(31-41-18-16-15-17-19-41)66-48(70)35-63-51(71)42(57(9,10)11)32-58(12,36-56(6,7)8)54(74)65-33-40(5)68/h15-20,39-40,42-46,49-50,68H,21-37H2,1-14H3,(H,61,69)(H,62,75)(H,63,71)(H,64,72)(H,65,74)(H,66,70)(H,67,73)/t40?,42?,43-,44-,45?,46-,49?,50?,58?,59?,60+/m1/s1. The second-order valence-corrected chi connectivity index (χ2v) is 25.7. The largest absolute Gasteiger partial charge is 0.443 e. The third-order valence-corrected chi connectivity index (χ3v) is 15.1. The maximum Gasteiger partial charge on any atom is 0.407 e. The van der Waals surface area contributed by atoms with Crippen LogP contribution >= 0.6 is 0 Å². The molecule has 0 aromatic heterocycles. The number of carbonyl (C=O) groups excluding carboxylic acids is 7. The molecular weight excluding hydrogens is 1040 g/mol. The Morgan fingerprint density at radius 1 is 0.790 bits per heavy atom. The molecule has 7 unspecified atom stereocenters. The molecule has 21 heteroatoms. The molecule has 0 radical (unpaired) electrons. The predicted molar refractivity (Wildman–Crippen MR) is 306 cm³/mol. The number of allylic oxidation sites excluding steroid dienone is 1. The molecule has 458 valence electrons. The van der Waals surface area contributed by atoms with Gasteiger partial charge in [-0.1, -0.05) is 104 Å². The van der Waals surface area contributed by atoms with Crippen molar-refractivity contribution in [1.82, 2.24) is 37.2 Å². The molecule has 3 fully saturated rings. The first kappa shape index (κ1) is 68.3. The molecule has 0 bridgehead atoms. The molecule has 4 rings (SSSR count). The van der Waals surface area contributed by atoms with Crippen LogP contribution in [0.2, 0.25) is 0 Å². The van der Waals surface area contributed by atoms with Crippen LogP contribution in [0, 0.1) is 34.0 Å². The molecule has 2 heterocycles. The van der Waals surface area contributed by atoms with Gasteiger partial charge in [-0.2, -0.15) is 0 Å². The molecule has 1 aliphatic carbocycles. The lowest BCUT2D eigenvalue weighted by molar-refractivity contribution is -0.138. The molecule has 1 spiro atoms. The Labute approximate surface area is 481 Å². The maximum absolute atomic E-state index is 14.0. The predicted octanol–water partition coefficient (Wildman–Crippen LogP) is 4.42. The van der Waals surface area contributed by atoms with E-state index >= 15 is 0 Å². The zero-order valence-corrected chi connectivity index (χ0v) is 50.9. The lowest BCUT2D eigenvalue weighted by Crippen LogP contribution is -2.56. The molecule has 81 heavy (non-hydrogen) atoms. The molecule has 11 atom stereocenters. The minimum atomic E-state index is -1.14. The molecule has 1 saturated carbocycles. The van der Waals surface area contributed by atoms with Gasteiger partial charge in [-0.25, -0.2) is 4.79 Å². The highest BCUT2D eigenvalue weighted by atomic mass is 16.6. The van der Waals surface area contributed by atoms with Gasteiger partial charge in [0.15, 0.2) is 0 Å². The number of rotatable bonds is 33. The van der Waals surface area contributed by atoms with Crippen LogP contribution in [0.15, 0.2) is 42.0 Å². The Bertz CT molecular complexity index is 2260. The Balaban J connectivity index is 1.19. The van der Waals surface area contributed by atoms with E-state index in [-0.39, 0.29) is 113 Å². The maximum atomic E-state index is 14.0. The number of epoxide rings is 2. The second kappa shape index (κ2) is 30.9. The van der Waals surface area contributed by atoms with Crippen LogP contribution in [0.25, 0.3) is 0 Å². The lowest BCUT2D eigenvalue weighted by atomic mass is 9.65. The summed E-state index contributed by atoms with van der Waals surface area (Å²) in [5, 5.41) is 29.1. The monoisotopic (exact) mass is 1140 g/mol. The van der Waals surface area contributed by atoms with Gasteiger partial charge in [-0.3, -0.25) is 28.8 Å². The van der Waals surface area contributed by atoms with Gasteiger partial charge in [0.25, 0.3) is 0 Å². The zero-order chi connectivity index (χ0) is 60.3. The van der Waals surface area contributed by atoms with Crippen molar-refractivity contribution in [3.63, 3.8) is 0 Å². The normalized spacial score (nSPS) is 23.6. The number of benzene rings is 1. The summed E-state index contributed by atoms with van der Waals surface area (Å²) >= 11 is 0. The summed E-state index contributed by atoms with van der Waals surface area (Å²) in [7, 11) is 1.63. The number of carbonyl (C=O) groups is 7. The van der Waals surface area contributed by atoms with Gasteiger partial charge in [-0.05, 0) is 88.5 Å².